The van der Waals surface area contributed by atoms with Crippen LogP contribution in [0.1, 0.15) is 32.1 Å². The number of likely N-dealkylation sites (tertiary alicyclic amines) is 1. The summed E-state index contributed by atoms with van der Waals surface area (Å²) in [5.74, 6) is 0.727. The zero-order chi connectivity index (χ0) is 9.26. The van der Waals surface area contributed by atoms with Crippen molar-refractivity contribution in [3.8, 4) is 0 Å². The molecular formula is C10H15NO2. The highest BCUT2D eigenvalue weighted by Gasteiger charge is 2.40. The van der Waals surface area contributed by atoms with Crippen molar-refractivity contribution in [3.05, 3.63) is 0 Å². The molecule has 0 aromatic rings. The van der Waals surface area contributed by atoms with Crippen LogP contribution in [0.15, 0.2) is 0 Å². The lowest BCUT2D eigenvalue weighted by Gasteiger charge is -2.30. The molecule has 1 amide bonds. The van der Waals surface area contributed by atoms with Crippen LogP contribution < -0.4 is 0 Å². The van der Waals surface area contributed by atoms with Crippen molar-refractivity contribution in [2.24, 2.45) is 5.92 Å². The molecule has 2 fully saturated rings. The average molecular weight is 181 g/mol. The third-order valence-corrected chi connectivity index (χ3v) is 3.30. The largest absolute Gasteiger partial charge is 0.332 e. The Kier molecular flexibility index (Phi) is 2.34. The zero-order valence-corrected chi connectivity index (χ0v) is 7.74. The minimum Gasteiger partial charge on any atom is -0.332 e. The second kappa shape index (κ2) is 3.48. The van der Waals surface area contributed by atoms with Crippen molar-refractivity contribution in [3.63, 3.8) is 0 Å². The maximum Gasteiger partial charge on any atom is 0.223 e. The highest BCUT2D eigenvalue weighted by atomic mass is 16.2. The zero-order valence-electron chi connectivity index (χ0n) is 7.74. The summed E-state index contributed by atoms with van der Waals surface area (Å²) in [5.41, 5.74) is 0. The summed E-state index contributed by atoms with van der Waals surface area (Å²) < 4.78 is 0. The normalized spacial score (nSPS) is 33.2. The molecule has 2 aliphatic rings. The van der Waals surface area contributed by atoms with Crippen molar-refractivity contribution in [2.75, 3.05) is 6.54 Å². The van der Waals surface area contributed by atoms with Crippen LogP contribution in [0.3, 0.4) is 0 Å². The summed E-state index contributed by atoms with van der Waals surface area (Å²) in [4.78, 5) is 23.7. The van der Waals surface area contributed by atoms with Crippen LogP contribution in [-0.4, -0.2) is 29.7 Å². The van der Waals surface area contributed by atoms with Gasteiger partial charge in [0.1, 0.15) is 6.29 Å². The Balaban J connectivity index is 2.08. The van der Waals surface area contributed by atoms with Gasteiger partial charge in [0.25, 0.3) is 0 Å². The van der Waals surface area contributed by atoms with Gasteiger partial charge in [0.05, 0.1) is 6.54 Å². The van der Waals surface area contributed by atoms with E-state index in [4.69, 9.17) is 0 Å². The number of amides is 1. The summed E-state index contributed by atoms with van der Waals surface area (Å²) in [5, 5.41) is 0. The molecule has 1 aliphatic heterocycles. The summed E-state index contributed by atoms with van der Waals surface area (Å²) in [6, 6.07) is 0.381. The number of fused-ring (bicyclic) bond motifs is 1. The number of hydrogen-bond acceptors (Lipinski definition) is 2. The fraction of sp³-hybridized carbons (Fsp3) is 0.800. The highest BCUT2D eigenvalue weighted by molar-refractivity contribution is 5.81. The van der Waals surface area contributed by atoms with Gasteiger partial charge in [-0.3, -0.25) is 4.79 Å². The Morgan fingerprint density at radius 1 is 1.38 bits per heavy atom. The smallest absolute Gasteiger partial charge is 0.223 e. The fourth-order valence-electron chi connectivity index (χ4n) is 2.68. The monoisotopic (exact) mass is 181 g/mol. The van der Waals surface area contributed by atoms with E-state index >= 15 is 0 Å². The molecule has 0 spiro atoms. The molecule has 0 N–H and O–H groups in total. The van der Waals surface area contributed by atoms with E-state index in [0.29, 0.717) is 24.9 Å². The minimum absolute atomic E-state index is 0.184. The van der Waals surface area contributed by atoms with Crippen LogP contribution in [0.5, 0.6) is 0 Å². The lowest BCUT2D eigenvalue weighted by atomic mass is 9.85. The number of nitrogens with zero attached hydrogens (tertiary/aromatic N) is 1. The molecule has 0 aromatic carbocycles. The van der Waals surface area contributed by atoms with Gasteiger partial charge in [0, 0.05) is 12.5 Å². The fourth-order valence-corrected chi connectivity index (χ4v) is 2.68. The molecule has 3 heteroatoms. The van der Waals surface area contributed by atoms with Gasteiger partial charge >= 0.3 is 0 Å². The second-order valence-electron chi connectivity index (χ2n) is 4.03. The molecule has 0 bridgehead atoms. The SMILES string of the molecule is O=CCN1C(=O)CC2CCCCC21. The van der Waals surface area contributed by atoms with Gasteiger partial charge in [-0.15, -0.1) is 0 Å². The van der Waals surface area contributed by atoms with Gasteiger partial charge in [0.2, 0.25) is 5.91 Å². The molecule has 1 aliphatic carbocycles. The second-order valence-corrected chi connectivity index (χ2v) is 4.03. The van der Waals surface area contributed by atoms with Crippen LogP contribution in [-0.2, 0) is 9.59 Å². The van der Waals surface area contributed by atoms with Gasteiger partial charge in [0.15, 0.2) is 0 Å². The summed E-state index contributed by atoms with van der Waals surface area (Å²) in [6.45, 7) is 0.306. The predicted molar refractivity (Wildman–Crippen MR) is 48.1 cm³/mol. The Bertz CT molecular complexity index is 227. The van der Waals surface area contributed by atoms with Crippen LogP contribution in [0.2, 0.25) is 0 Å². The highest BCUT2D eigenvalue weighted by Crippen LogP contribution is 2.36. The number of aldehydes is 1. The Morgan fingerprint density at radius 3 is 2.92 bits per heavy atom. The Hall–Kier alpha value is -0.860. The standard InChI is InChI=1S/C10H15NO2/c12-6-5-11-9-4-2-1-3-8(9)7-10(11)13/h6,8-9H,1-5,7H2. The van der Waals surface area contributed by atoms with E-state index in [1.54, 1.807) is 4.90 Å². The third-order valence-electron chi connectivity index (χ3n) is 3.30. The van der Waals surface area contributed by atoms with E-state index in [1.807, 2.05) is 0 Å². The maximum absolute atomic E-state index is 11.5. The van der Waals surface area contributed by atoms with Crippen molar-refractivity contribution in [1.82, 2.24) is 4.90 Å². The predicted octanol–water partition coefficient (Wildman–Crippen LogP) is 0.976. The lowest BCUT2D eigenvalue weighted by molar-refractivity contribution is -0.131. The Morgan fingerprint density at radius 2 is 2.15 bits per heavy atom. The lowest BCUT2D eigenvalue weighted by Crippen LogP contribution is -2.37. The molecule has 72 valence electrons. The molecule has 2 rings (SSSR count). The van der Waals surface area contributed by atoms with E-state index in [0.717, 1.165) is 12.7 Å². The van der Waals surface area contributed by atoms with Gasteiger partial charge in [-0.25, -0.2) is 0 Å². The first-order chi connectivity index (χ1) is 6.33. The molecule has 1 saturated carbocycles. The molecule has 3 nitrogen and oxygen atoms in total. The van der Waals surface area contributed by atoms with E-state index in [9.17, 15) is 9.59 Å². The third kappa shape index (κ3) is 1.47. The van der Waals surface area contributed by atoms with Crippen LogP contribution in [0, 0.1) is 5.92 Å². The van der Waals surface area contributed by atoms with E-state index in [1.165, 1.54) is 19.3 Å². The van der Waals surface area contributed by atoms with Crippen LogP contribution >= 0.6 is 0 Å². The van der Waals surface area contributed by atoms with E-state index in [-0.39, 0.29) is 5.91 Å². The molecule has 1 heterocycles. The minimum atomic E-state index is 0.184. The quantitative estimate of drug-likeness (QED) is 0.595. The van der Waals surface area contributed by atoms with Gasteiger partial charge in [-0.2, -0.15) is 0 Å². The average Bonchev–Trinajstić information content (AvgIpc) is 2.44. The molecular weight excluding hydrogens is 166 g/mol. The number of rotatable bonds is 2. The summed E-state index contributed by atoms with van der Waals surface area (Å²) in [7, 11) is 0. The van der Waals surface area contributed by atoms with Gasteiger partial charge in [-0.05, 0) is 18.8 Å². The van der Waals surface area contributed by atoms with Crippen molar-refractivity contribution < 1.29 is 9.59 Å². The molecule has 2 atom stereocenters. The van der Waals surface area contributed by atoms with Crippen molar-refractivity contribution in [2.45, 2.75) is 38.1 Å². The molecule has 1 saturated heterocycles. The maximum atomic E-state index is 11.5. The molecule has 13 heavy (non-hydrogen) atoms. The van der Waals surface area contributed by atoms with Crippen molar-refractivity contribution in [1.29, 1.82) is 0 Å². The summed E-state index contributed by atoms with van der Waals surface area (Å²) >= 11 is 0. The number of carbonyl (C=O) groups is 2. The first kappa shape index (κ1) is 8.73. The number of carbonyl (C=O) groups excluding carboxylic acids is 2. The van der Waals surface area contributed by atoms with Crippen LogP contribution in [0.25, 0.3) is 0 Å². The molecule has 0 radical (unpaired) electrons. The Labute approximate surface area is 78.1 Å². The summed E-state index contributed by atoms with van der Waals surface area (Å²) in [6.07, 6.45) is 6.26. The molecule has 2 unspecified atom stereocenters. The van der Waals surface area contributed by atoms with Crippen molar-refractivity contribution >= 4 is 12.2 Å². The molecule has 0 aromatic heterocycles. The number of hydrogen-bond donors (Lipinski definition) is 0. The topological polar surface area (TPSA) is 37.4 Å². The van der Waals surface area contributed by atoms with E-state index in [2.05, 4.69) is 0 Å². The van der Waals surface area contributed by atoms with E-state index < -0.39 is 0 Å². The first-order valence-corrected chi connectivity index (χ1v) is 5.06. The van der Waals surface area contributed by atoms with Gasteiger partial charge < -0.3 is 9.69 Å². The van der Waals surface area contributed by atoms with Crippen LogP contribution in [0.4, 0.5) is 0 Å². The first-order valence-electron chi connectivity index (χ1n) is 5.06. The van der Waals surface area contributed by atoms with Gasteiger partial charge in [-0.1, -0.05) is 12.8 Å².